The summed E-state index contributed by atoms with van der Waals surface area (Å²) < 4.78 is 38.4. The van der Waals surface area contributed by atoms with E-state index in [4.69, 9.17) is 21.1 Å². The summed E-state index contributed by atoms with van der Waals surface area (Å²) in [5.41, 5.74) is 1.74. The van der Waals surface area contributed by atoms with Gasteiger partial charge in [-0.3, -0.25) is 5.10 Å². The fraction of sp³-hybridized carbons (Fsp3) is 0.292. The van der Waals surface area contributed by atoms with Crippen LogP contribution in [0.25, 0.3) is 22.3 Å². The normalized spacial score (nSPS) is 14.4. The third kappa shape index (κ3) is 4.80. The number of anilines is 1. The van der Waals surface area contributed by atoms with Crippen LogP contribution in [0.4, 0.5) is 14.6 Å². The molecule has 0 aliphatic carbocycles. The maximum atomic E-state index is 14.1. The van der Waals surface area contributed by atoms with E-state index in [0.29, 0.717) is 40.0 Å². The molecule has 1 aliphatic rings. The Kier molecular flexibility index (Phi) is 6.55. The molecule has 4 aromatic rings. The van der Waals surface area contributed by atoms with Gasteiger partial charge in [0.15, 0.2) is 17.2 Å². The summed E-state index contributed by atoms with van der Waals surface area (Å²) in [7, 11) is 0. The summed E-state index contributed by atoms with van der Waals surface area (Å²) in [5, 5.41) is 11.9. The molecule has 34 heavy (non-hydrogen) atoms. The standard InChI is InChI=1S/C24H22ClF2N5O2/c25-17-4-2-1-3-16(17)21-20-22(28-10-7-14-8-11-33-12-9-14)29-24(30-23(20)32-31-21)34-19-6-5-15(26)13-18(19)27/h1-6,13-14H,7-12H2,(H2,28,29,30,31,32). The minimum Gasteiger partial charge on any atom is -0.421 e. The number of aromatic amines is 1. The van der Waals surface area contributed by atoms with Gasteiger partial charge in [-0.2, -0.15) is 15.1 Å². The van der Waals surface area contributed by atoms with Gasteiger partial charge in [-0.05, 0) is 43.4 Å². The zero-order valence-corrected chi connectivity index (χ0v) is 18.9. The van der Waals surface area contributed by atoms with Crippen molar-refractivity contribution in [2.45, 2.75) is 19.3 Å². The number of fused-ring (bicyclic) bond motifs is 1. The molecule has 10 heteroatoms. The van der Waals surface area contributed by atoms with Crippen molar-refractivity contribution in [3.63, 3.8) is 0 Å². The molecule has 3 heterocycles. The van der Waals surface area contributed by atoms with Crippen molar-refractivity contribution >= 4 is 28.5 Å². The van der Waals surface area contributed by atoms with Crippen molar-refractivity contribution in [2.75, 3.05) is 25.1 Å². The number of aromatic nitrogens is 4. The highest BCUT2D eigenvalue weighted by Crippen LogP contribution is 2.36. The van der Waals surface area contributed by atoms with Crippen LogP contribution in [-0.4, -0.2) is 39.9 Å². The fourth-order valence-electron chi connectivity index (χ4n) is 4.02. The second-order valence-corrected chi connectivity index (χ2v) is 8.49. The lowest BCUT2D eigenvalue weighted by atomic mass is 9.97. The smallest absolute Gasteiger partial charge is 0.326 e. The SMILES string of the molecule is Fc1ccc(Oc2nc(NCCC3CCOCC3)c3c(-c4ccccc4Cl)[nH]nc3n2)c(F)c1. The molecule has 0 atom stereocenters. The van der Waals surface area contributed by atoms with E-state index in [0.717, 1.165) is 50.2 Å². The van der Waals surface area contributed by atoms with Crippen molar-refractivity contribution in [1.82, 2.24) is 20.2 Å². The predicted molar refractivity (Wildman–Crippen MR) is 125 cm³/mol. The Morgan fingerprint density at radius 1 is 1.12 bits per heavy atom. The van der Waals surface area contributed by atoms with Crippen molar-refractivity contribution < 1.29 is 18.3 Å². The van der Waals surface area contributed by atoms with Crippen LogP contribution in [0, 0.1) is 17.6 Å². The molecule has 176 valence electrons. The van der Waals surface area contributed by atoms with Gasteiger partial charge < -0.3 is 14.8 Å². The zero-order valence-electron chi connectivity index (χ0n) is 18.2. The number of halogens is 3. The number of H-pyrrole nitrogens is 1. The average molecular weight is 486 g/mol. The fourth-order valence-corrected chi connectivity index (χ4v) is 4.25. The first-order valence-corrected chi connectivity index (χ1v) is 11.4. The lowest BCUT2D eigenvalue weighted by Crippen LogP contribution is -2.18. The molecule has 1 fully saturated rings. The third-order valence-electron chi connectivity index (χ3n) is 5.82. The molecule has 1 saturated heterocycles. The van der Waals surface area contributed by atoms with E-state index in [-0.39, 0.29) is 11.8 Å². The molecular formula is C24H22ClF2N5O2. The summed E-state index contributed by atoms with van der Waals surface area (Å²) in [4.78, 5) is 8.83. The molecular weight excluding hydrogens is 464 g/mol. The molecule has 0 unspecified atom stereocenters. The van der Waals surface area contributed by atoms with E-state index < -0.39 is 11.6 Å². The molecule has 0 amide bonds. The Bertz CT molecular complexity index is 1310. The highest BCUT2D eigenvalue weighted by atomic mass is 35.5. The number of ether oxygens (including phenoxy) is 2. The number of hydrogen-bond donors (Lipinski definition) is 2. The van der Waals surface area contributed by atoms with Gasteiger partial charge in [-0.15, -0.1) is 0 Å². The van der Waals surface area contributed by atoms with Crippen LogP contribution < -0.4 is 10.1 Å². The van der Waals surface area contributed by atoms with Gasteiger partial charge in [0.1, 0.15) is 11.6 Å². The Morgan fingerprint density at radius 3 is 2.74 bits per heavy atom. The quantitative estimate of drug-likeness (QED) is 0.335. The van der Waals surface area contributed by atoms with Gasteiger partial charge in [0, 0.05) is 36.4 Å². The monoisotopic (exact) mass is 485 g/mol. The third-order valence-corrected chi connectivity index (χ3v) is 6.15. The van der Waals surface area contributed by atoms with E-state index in [1.54, 1.807) is 6.07 Å². The molecule has 2 aromatic heterocycles. The topological polar surface area (TPSA) is 85.0 Å². The average Bonchev–Trinajstić information content (AvgIpc) is 3.26. The van der Waals surface area contributed by atoms with Gasteiger partial charge in [-0.25, -0.2) is 8.78 Å². The minimum absolute atomic E-state index is 0.108. The number of rotatable bonds is 7. The summed E-state index contributed by atoms with van der Waals surface area (Å²) in [6.07, 6.45) is 2.99. The number of nitrogens with one attached hydrogen (secondary N) is 2. The molecule has 7 nitrogen and oxygen atoms in total. The van der Waals surface area contributed by atoms with E-state index in [2.05, 4.69) is 25.5 Å². The molecule has 0 bridgehead atoms. The van der Waals surface area contributed by atoms with Gasteiger partial charge in [0.05, 0.1) is 11.1 Å². The van der Waals surface area contributed by atoms with Gasteiger partial charge in [0.25, 0.3) is 0 Å². The lowest BCUT2D eigenvalue weighted by Gasteiger charge is -2.22. The van der Waals surface area contributed by atoms with Crippen LogP contribution in [0.5, 0.6) is 11.8 Å². The van der Waals surface area contributed by atoms with Gasteiger partial charge >= 0.3 is 6.01 Å². The molecule has 5 rings (SSSR count). The summed E-state index contributed by atoms with van der Waals surface area (Å²) in [6, 6.07) is 10.3. The zero-order chi connectivity index (χ0) is 23.5. The number of nitrogens with zero attached hydrogens (tertiary/aromatic N) is 3. The van der Waals surface area contributed by atoms with E-state index >= 15 is 0 Å². The molecule has 0 saturated carbocycles. The first-order chi connectivity index (χ1) is 16.6. The Labute approximate surface area is 199 Å². The van der Waals surface area contributed by atoms with Crippen LogP contribution in [0.2, 0.25) is 5.02 Å². The lowest BCUT2D eigenvalue weighted by molar-refractivity contribution is 0.0649. The van der Waals surface area contributed by atoms with Crippen LogP contribution in [0.15, 0.2) is 42.5 Å². The molecule has 0 spiro atoms. The molecule has 2 N–H and O–H groups in total. The van der Waals surface area contributed by atoms with Crippen molar-refractivity contribution in [3.05, 3.63) is 59.1 Å². The maximum absolute atomic E-state index is 14.1. The predicted octanol–water partition coefficient (Wildman–Crippen LogP) is 5.97. The summed E-state index contributed by atoms with van der Waals surface area (Å²) in [6.45, 7) is 2.22. The Morgan fingerprint density at radius 2 is 1.94 bits per heavy atom. The van der Waals surface area contributed by atoms with Crippen molar-refractivity contribution in [2.24, 2.45) is 5.92 Å². The Hall–Kier alpha value is -3.30. The largest absolute Gasteiger partial charge is 0.421 e. The Balaban J connectivity index is 1.50. The van der Waals surface area contributed by atoms with Gasteiger partial charge in [-0.1, -0.05) is 29.8 Å². The van der Waals surface area contributed by atoms with Gasteiger partial charge in [0.2, 0.25) is 0 Å². The molecule has 0 radical (unpaired) electrons. The minimum atomic E-state index is -0.850. The number of benzene rings is 2. The van der Waals surface area contributed by atoms with Crippen LogP contribution in [-0.2, 0) is 4.74 Å². The second kappa shape index (κ2) is 9.90. The van der Waals surface area contributed by atoms with Crippen LogP contribution in [0.1, 0.15) is 19.3 Å². The summed E-state index contributed by atoms with van der Waals surface area (Å²) in [5.74, 6) is -0.686. The summed E-state index contributed by atoms with van der Waals surface area (Å²) >= 11 is 6.43. The molecule has 1 aliphatic heterocycles. The van der Waals surface area contributed by atoms with Crippen molar-refractivity contribution in [1.29, 1.82) is 0 Å². The maximum Gasteiger partial charge on any atom is 0.326 e. The van der Waals surface area contributed by atoms with Crippen molar-refractivity contribution in [3.8, 4) is 23.0 Å². The van der Waals surface area contributed by atoms with Crippen LogP contribution in [0.3, 0.4) is 0 Å². The highest BCUT2D eigenvalue weighted by Gasteiger charge is 2.20. The number of hydrogen-bond acceptors (Lipinski definition) is 6. The second-order valence-electron chi connectivity index (χ2n) is 8.08. The van der Waals surface area contributed by atoms with Crippen LogP contribution >= 0.6 is 11.6 Å². The molecule has 2 aromatic carbocycles. The van der Waals surface area contributed by atoms with E-state index in [1.165, 1.54) is 6.07 Å². The van der Waals surface area contributed by atoms with E-state index in [9.17, 15) is 8.78 Å². The van der Waals surface area contributed by atoms with E-state index in [1.807, 2.05) is 18.2 Å². The first-order valence-electron chi connectivity index (χ1n) is 11.0. The highest BCUT2D eigenvalue weighted by molar-refractivity contribution is 6.33. The first kappa shape index (κ1) is 22.5.